The summed E-state index contributed by atoms with van der Waals surface area (Å²) in [5, 5.41) is 11.7. The lowest BCUT2D eigenvalue weighted by Gasteiger charge is -2.10. The number of rotatable bonds is 9. The average Bonchev–Trinajstić information content (AvgIpc) is 3.10. The van der Waals surface area contributed by atoms with E-state index in [1.54, 1.807) is 24.3 Å². The minimum atomic E-state index is -0.191. The number of Topliss-reactive ketones (excluding diaryl/α,β-unsaturated/α-hetero) is 1. The molecule has 0 saturated carbocycles. The third kappa shape index (κ3) is 5.86. The Balaban J connectivity index is 1.34. The predicted molar refractivity (Wildman–Crippen MR) is 127 cm³/mol. The number of ketones is 1. The van der Waals surface area contributed by atoms with Crippen LogP contribution in [0.3, 0.4) is 0 Å². The zero-order valence-corrected chi connectivity index (χ0v) is 19.0. The van der Waals surface area contributed by atoms with Gasteiger partial charge < -0.3 is 14.6 Å². The van der Waals surface area contributed by atoms with Gasteiger partial charge >= 0.3 is 0 Å². The second-order valence-corrected chi connectivity index (χ2v) is 8.33. The Hall–Kier alpha value is -3.48. The van der Waals surface area contributed by atoms with E-state index in [0.717, 1.165) is 55.2 Å². The zero-order chi connectivity index (χ0) is 23.0. The van der Waals surface area contributed by atoms with Gasteiger partial charge in [0, 0.05) is 42.6 Å². The largest absolute Gasteiger partial charge is 0.494 e. The van der Waals surface area contributed by atoms with Gasteiger partial charge in [0.15, 0.2) is 11.6 Å². The maximum Gasteiger partial charge on any atom is 0.224 e. The topological polar surface area (TPSA) is 86.1 Å². The van der Waals surface area contributed by atoms with Crippen molar-refractivity contribution in [2.75, 3.05) is 11.9 Å². The summed E-state index contributed by atoms with van der Waals surface area (Å²) in [7, 11) is 0. The van der Waals surface area contributed by atoms with E-state index in [-0.39, 0.29) is 24.5 Å². The monoisotopic (exact) mass is 446 g/mol. The number of ether oxygens (including phenoxy) is 1. The van der Waals surface area contributed by atoms with Crippen molar-refractivity contribution in [3.05, 3.63) is 59.9 Å². The van der Waals surface area contributed by atoms with Crippen molar-refractivity contribution in [1.82, 2.24) is 14.8 Å². The van der Waals surface area contributed by atoms with Crippen LogP contribution >= 0.6 is 0 Å². The number of aromatic nitrogens is 3. The molecular formula is C26H30N4O3. The molecule has 0 bridgehead atoms. The molecule has 0 aliphatic carbocycles. The Labute approximate surface area is 194 Å². The van der Waals surface area contributed by atoms with E-state index < -0.39 is 0 Å². The number of benzene rings is 2. The molecule has 3 aromatic rings. The number of amides is 1. The number of carbonyl (C=O) groups excluding carboxylic acids is 2. The molecule has 172 valence electrons. The van der Waals surface area contributed by atoms with Crippen molar-refractivity contribution < 1.29 is 14.3 Å². The van der Waals surface area contributed by atoms with E-state index >= 15 is 0 Å². The number of nitrogens with zero attached hydrogens (tertiary/aromatic N) is 3. The van der Waals surface area contributed by atoms with Crippen molar-refractivity contribution >= 4 is 17.4 Å². The standard InChI is InChI=1S/C26H30N4O3/c1-2-17-33-22-12-10-19(11-13-22)23(31)14-15-25(32)27-21-8-6-7-20(18-21)26-29-28-24-9-4-3-5-16-30(24)26/h6-8,10-13,18H,2-5,9,14-17H2,1H3,(H,27,32). The number of anilines is 1. The van der Waals surface area contributed by atoms with Gasteiger partial charge in [-0.05, 0) is 55.7 Å². The Kier molecular flexibility index (Phi) is 7.50. The van der Waals surface area contributed by atoms with Crippen LogP contribution in [0.4, 0.5) is 5.69 Å². The first-order valence-corrected chi connectivity index (χ1v) is 11.7. The maximum absolute atomic E-state index is 12.5. The molecule has 0 atom stereocenters. The Morgan fingerprint density at radius 2 is 1.88 bits per heavy atom. The maximum atomic E-state index is 12.5. The Bertz CT molecular complexity index is 1100. The smallest absolute Gasteiger partial charge is 0.224 e. The normalized spacial score (nSPS) is 13.1. The highest BCUT2D eigenvalue weighted by Gasteiger charge is 2.16. The summed E-state index contributed by atoms with van der Waals surface area (Å²) < 4.78 is 7.73. The van der Waals surface area contributed by atoms with Gasteiger partial charge in [0.2, 0.25) is 5.91 Å². The SMILES string of the molecule is CCCOc1ccc(C(=O)CCC(=O)Nc2cccc(-c3nnc4n3CCCCC4)c2)cc1. The van der Waals surface area contributed by atoms with Crippen LogP contribution in [0.25, 0.3) is 11.4 Å². The zero-order valence-electron chi connectivity index (χ0n) is 19.0. The molecule has 0 saturated heterocycles. The molecule has 1 aliphatic heterocycles. The van der Waals surface area contributed by atoms with Gasteiger partial charge in [-0.15, -0.1) is 10.2 Å². The first kappa shape index (κ1) is 22.7. The molecule has 0 unspecified atom stereocenters. The van der Waals surface area contributed by atoms with Crippen molar-refractivity contribution in [1.29, 1.82) is 0 Å². The van der Waals surface area contributed by atoms with Crippen LogP contribution in [0, 0.1) is 0 Å². The van der Waals surface area contributed by atoms with E-state index in [9.17, 15) is 9.59 Å². The summed E-state index contributed by atoms with van der Waals surface area (Å²) in [6.45, 7) is 3.61. The van der Waals surface area contributed by atoms with Gasteiger partial charge in [-0.3, -0.25) is 9.59 Å². The van der Waals surface area contributed by atoms with Gasteiger partial charge in [0.1, 0.15) is 11.6 Å². The molecule has 1 amide bonds. The van der Waals surface area contributed by atoms with Crippen molar-refractivity contribution in [2.45, 2.75) is 58.4 Å². The molecular weight excluding hydrogens is 416 g/mol. The minimum Gasteiger partial charge on any atom is -0.494 e. The molecule has 4 rings (SSSR count). The molecule has 7 nitrogen and oxygen atoms in total. The summed E-state index contributed by atoms with van der Waals surface area (Å²) in [6, 6.07) is 14.7. The van der Waals surface area contributed by atoms with Gasteiger partial charge in [-0.1, -0.05) is 25.5 Å². The van der Waals surface area contributed by atoms with Gasteiger partial charge in [-0.2, -0.15) is 0 Å². The second kappa shape index (κ2) is 10.9. The van der Waals surface area contributed by atoms with E-state index in [0.29, 0.717) is 17.9 Å². The fraction of sp³-hybridized carbons (Fsp3) is 0.385. The van der Waals surface area contributed by atoms with Crippen molar-refractivity contribution in [3.8, 4) is 17.1 Å². The quantitative estimate of drug-likeness (QED) is 0.464. The molecule has 1 aromatic heterocycles. The van der Waals surface area contributed by atoms with Crippen LogP contribution in [0.2, 0.25) is 0 Å². The highest BCUT2D eigenvalue weighted by molar-refractivity contribution is 6.00. The third-order valence-corrected chi connectivity index (χ3v) is 5.74. The summed E-state index contributed by atoms with van der Waals surface area (Å²) in [5.41, 5.74) is 2.20. The molecule has 0 radical (unpaired) electrons. The van der Waals surface area contributed by atoms with Crippen LogP contribution in [0.15, 0.2) is 48.5 Å². The van der Waals surface area contributed by atoms with E-state index in [4.69, 9.17) is 4.74 Å². The summed E-state index contributed by atoms with van der Waals surface area (Å²) in [5.74, 6) is 2.36. The first-order valence-electron chi connectivity index (χ1n) is 11.7. The Morgan fingerprint density at radius 3 is 2.70 bits per heavy atom. The molecule has 33 heavy (non-hydrogen) atoms. The molecule has 2 heterocycles. The van der Waals surface area contributed by atoms with E-state index in [2.05, 4.69) is 20.1 Å². The third-order valence-electron chi connectivity index (χ3n) is 5.74. The molecule has 0 fully saturated rings. The summed E-state index contributed by atoms with van der Waals surface area (Å²) >= 11 is 0. The van der Waals surface area contributed by atoms with Crippen LogP contribution in [0.5, 0.6) is 5.75 Å². The number of nitrogens with one attached hydrogen (secondary N) is 1. The van der Waals surface area contributed by atoms with E-state index in [1.807, 2.05) is 31.2 Å². The number of hydrogen-bond acceptors (Lipinski definition) is 5. The molecule has 1 aliphatic rings. The molecule has 0 spiro atoms. The summed E-state index contributed by atoms with van der Waals surface area (Å²) in [6.07, 6.45) is 5.62. The number of aryl methyl sites for hydroxylation is 1. The van der Waals surface area contributed by atoms with Gasteiger partial charge in [0.05, 0.1) is 6.61 Å². The summed E-state index contributed by atoms with van der Waals surface area (Å²) in [4.78, 5) is 24.9. The molecule has 1 N–H and O–H groups in total. The Morgan fingerprint density at radius 1 is 1.03 bits per heavy atom. The lowest BCUT2D eigenvalue weighted by atomic mass is 10.1. The van der Waals surface area contributed by atoms with Crippen LogP contribution < -0.4 is 10.1 Å². The first-order chi connectivity index (χ1) is 16.1. The molecule has 2 aromatic carbocycles. The number of hydrogen-bond donors (Lipinski definition) is 1. The van der Waals surface area contributed by atoms with Crippen molar-refractivity contribution in [3.63, 3.8) is 0 Å². The second-order valence-electron chi connectivity index (χ2n) is 8.33. The highest BCUT2D eigenvalue weighted by atomic mass is 16.5. The van der Waals surface area contributed by atoms with Gasteiger partial charge in [-0.25, -0.2) is 0 Å². The number of carbonyl (C=O) groups is 2. The predicted octanol–water partition coefficient (Wildman–Crippen LogP) is 5.06. The number of fused-ring (bicyclic) bond motifs is 1. The van der Waals surface area contributed by atoms with Crippen LogP contribution in [0.1, 0.15) is 61.6 Å². The fourth-order valence-corrected chi connectivity index (χ4v) is 3.99. The van der Waals surface area contributed by atoms with E-state index in [1.165, 1.54) is 6.42 Å². The lowest BCUT2D eigenvalue weighted by molar-refractivity contribution is -0.116. The van der Waals surface area contributed by atoms with Crippen LogP contribution in [-0.2, 0) is 17.8 Å². The minimum absolute atomic E-state index is 0.0629. The van der Waals surface area contributed by atoms with Gasteiger partial charge in [0.25, 0.3) is 0 Å². The average molecular weight is 447 g/mol. The highest BCUT2D eigenvalue weighted by Crippen LogP contribution is 2.25. The van der Waals surface area contributed by atoms with Crippen molar-refractivity contribution in [2.24, 2.45) is 0 Å². The lowest BCUT2D eigenvalue weighted by Crippen LogP contribution is -2.13. The molecule has 7 heteroatoms. The fourth-order valence-electron chi connectivity index (χ4n) is 3.99. The van der Waals surface area contributed by atoms with Crippen LogP contribution in [-0.4, -0.2) is 33.1 Å².